The summed E-state index contributed by atoms with van der Waals surface area (Å²) >= 11 is 0. The molecule has 6 aromatic rings. The van der Waals surface area contributed by atoms with Gasteiger partial charge in [-0.1, -0.05) is 78.9 Å². The van der Waals surface area contributed by atoms with Gasteiger partial charge in [0.25, 0.3) is 0 Å². The van der Waals surface area contributed by atoms with Crippen molar-refractivity contribution >= 4 is 39.2 Å². The molecule has 0 aliphatic heterocycles. The molecule has 6 aromatic carbocycles. The van der Waals surface area contributed by atoms with E-state index < -0.39 is 0 Å². The van der Waals surface area contributed by atoms with Crippen LogP contribution in [0.3, 0.4) is 0 Å². The van der Waals surface area contributed by atoms with Crippen LogP contribution in [0.25, 0.3) is 21.9 Å². The van der Waals surface area contributed by atoms with Crippen LogP contribution in [0.5, 0.6) is 5.75 Å². The number of hydrogen-bond acceptors (Lipinski definition) is 3. The molecule has 0 spiro atoms. The van der Waals surface area contributed by atoms with Crippen LogP contribution >= 0.6 is 0 Å². The number of nitrogens with zero attached hydrogens (tertiary/aromatic N) is 2. The second kappa shape index (κ2) is 10.8. The van der Waals surface area contributed by atoms with Gasteiger partial charge in [0.05, 0.1) is 7.11 Å². The summed E-state index contributed by atoms with van der Waals surface area (Å²) in [4.78, 5) is 4.50. The van der Waals surface area contributed by atoms with Crippen LogP contribution in [-0.4, -0.2) is 14.2 Å². The molecule has 0 radical (unpaired) electrons. The fraction of sp³-hybridized carbons (Fsp3) is 0.0556. The molecule has 190 valence electrons. The van der Waals surface area contributed by atoms with Crippen LogP contribution in [0.1, 0.15) is 0 Å². The molecule has 0 atom stereocenters. The van der Waals surface area contributed by atoms with Crippen molar-refractivity contribution in [1.82, 2.24) is 0 Å². The highest BCUT2D eigenvalue weighted by atomic mass is 16.5. The van der Waals surface area contributed by atoms with Crippen molar-refractivity contribution in [2.75, 3.05) is 24.0 Å². The smallest absolute Gasteiger partial charge is 0.120 e. The predicted octanol–water partition coefficient (Wildman–Crippen LogP) is 9.75. The molecule has 0 saturated carbocycles. The Bertz CT molecular complexity index is 1710. The Morgan fingerprint density at radius 3 is 1.85 bits per heavy atom. The van der Waals surface area contributed by atoms with Crippen molar-refractivity contribution in [2.24, 2.45) is 0 Å². The Morgan fingerprint density at radius 2 is 1.05 bits per heavy atom. The molecule has 0 amide bonds. The van der Waals surface area contributed by atoms with E-state index in [0.29, 0.717) is 0 Å². The zero-order valence-electron chi connectivity index (χ0n) is 22.2. The number of methoxy groups -OCH3 is 1. The van der Waals surface area contributed by atoms with Gasteiger partial charge in [0.1, 0.15) is 5.75 Å². The second-order valence-electron chi connectivity index (χ2n) is 9.56. The van der Waals surface area contributed by atoms with Crippen LogP contribution in [-0.2, 0) is 0 Å². The maximum atomic E-state index is 5.43. The van der Waals surface area contributed by atoms with Gasteiger partial charge in [-0.15, -0.1) is 0 Å². The lowest BCUT2D eigenvalue weighted by molar-refractivity contribution is 0.415. The highest BCUT2D eigenvalue weighted by Gasteiger charge is 2.15. The van der Waals surface area contributed by atoms with E-state index in [1.807, 2.05) is 18.2 Å². The molecular weight excluding hydrogens is 476 g/mol. The first-order valence-electron chi connectivity index (χ1n) is 13.1. The number of rotatable bonds is 7. The molecule has 0 fully saturated rings. The molecule has 0 N–H and O–H groups in total. The summed E-state index contributed by atoms with van der Waals surface area (Å²) in [5, 5.41) is 2.45. The zero-order chi connectivity index (χ0) is 26.6. The standard InChI is InChI=1S/C36H30N2O/c1-37(33-15-9-17-36(26-33)39-2)31-20-22-32(23-21-31)38(35-19-18-28-12-6-7-13-29(28)25-35)34-16-8-14-30(24-34)27-10-4-3-5-11-27/h3-26H,1-2H3. The van der Waals surface area contributed by atoms with Gasteiger partial charge in [-0.25, -0.2) is 0 Å². The zero-order valence-corrected chi connectivity index (χ0v) is 22.2. The molecular formula is C36H30N2O. The summed E-state index contributed by atoms with van der Waals surface area (Å²) in [6.45, 7) is 0. The average Bonchev–Trinajstić information content (AvgIpc) is 3.02. The first kappa shape index (κ1) is 24.3. The maximum Gasteiger partial charge on any atom is 0.120 e. The Morgan fingerprint density at radius 1 is 0.436 bits per heavy atom. The van der Waals surface area contributed by atoms with Gasteiger partial charge in [-0.3, -0.25) is 0 Å². The lowest BCUT2D eigenvalue weighted by Crippen LogP contribution is -2.12. The molecule has 39 heavy (non-hydrogen) atoms. The molecule has 0 aromatic heterocycles. The minimum Gasteiger partial charge on any atom is -0.497 e. The molecule has 0 aliphatic carbocycles. The van der Waals surface area contributed by atoms with Crippen molar-refractivity contribution in [3.8, 4) is 16.9 Å². The molecule has 0 saturated heterocycles. The van der Waals surface area contributed by atoms with Gasteiger partial charge in [0.15, 0.2) is 0 Å². The molecule has 0 aliphatic rings. The third kappa shape index (κ3) is 5.07. The summed E-state index contributed by atoms with van der Waals surface area (Å²) in [6, 6.07) is 51.3. The summed E-state index contributed by atoms with van der Waals surface area (Å²) in [7, 11) is 3.77. The van der Waals surface area contributed by atoms with E-state index in [9.17, 15) is 0 Å². The highest BCUT2D eigenvalue weighted by Crippen LogP contribution is 2.39. The van der Waals surface area contributed by atoms with Gasteiger partial charge in [0, 0.05) is 41.6 Å². The monoisotopic (exact) mass is 506 g/mol. The van der Waals surface area contributed by atoms with Crippen molar-refractivity contribution in [3.05, 3.63) is 146 Å². The predicted molar refractivity (Wildman–Crippen MR) is 165 cm³/mol. The average molecular weight is 507 g/mol. The van der Waals surface area contributed by atoms with Gasteiger partial charge in [-0.2, -0.15) is 0 Å². The van der Waals surface area contributed by atoms with Crippen LogP contribution in [0.15, 0.2) is 146 Å². The van der Waals surface area contributed by atoms with Crippen molar-refractivity contribution in [3.63, 3.8) is 0 Å². The van der Waals surface area contributed by atoms with Crippen LogP contribution < -0.4 is 14.5 Å². The third-order valence-corrected chi connectivity index (χ3v) is 7.14. The number of benzene rings is 6. The Kier molecular flexibility index (Phi) is 6.71. The maximum absolute atomic E-state index is 5.43. The number of hydrogen-bond donors (Lipinski definition) is 0. The summed E-state index contributed by atoms with van der Waals surface area (Å²) < 4.78 is 5.43. The lowest BCUT2D eigenvalue weighted by Gasteiger charge is -2.27. The second-order valence-corrected chi connectivity index (χ2v) is 9.56. The van der Waals surface area contributed by atoms with Crippen LogP contribution in [0.4, 0.5) is 28.4 Å². The molecule has 3 nitrogen and oxygen atoms in total. The normalized spacial score (nSPS) is 10.8. The van der Waals surface area contributed by atoms with E-state index >= 15 is 0 Å². The number of anilines is 5. The van der Waals surface area contributed by atoms with Gasteiger partial charge >= 0.3 is 0 Å². The third-order valence-electron chi connectivity index (χ3n) is 7.14. The van der Waals surface area contributed by atoms with Crippen molar-refractivity contribution in [1.29, 1.82) is 0 Å². The summed E-state index contributed by atoms with van der Waals surface area (Å²) in [6.07, 6.45) is 0. The Hall–Kier alpha value is -5.02. The van der Waals surface area contributed by atoms with E-state index in [-0.39, 0.29) is 0 Å². The van der Waals surface area contributed by atoms with Crippen molar-refractivity contribution < 1.29 is 4.74 Å². The Balaban J connectivity index is 1.42. The number of fused-ring (bicyclic) bond motifs is 1. The highest BCUT2D eigenvalue weighted by molar-refractivity contribution is 5.90. The van der Waals surface area contributed by atoms with Gasteiger partial charge < -0.3 is 14.5 Å². The summed E-state index contributed by atoms with van der Waals surface area (Å²) in [5.41, 5.74) is 7.89. The minimum atomic E-state index is 0.844. The fourth-order valence-electron chi connectivity index (χ4n) is 5.01. The van der Waals surface area contributed by atoms with Crippen LogP contribution in [0, 0.1) is 0 Å². The molecule has 0 unspecified atom stereocenters. The molecule has 3 heteroatoms. The first-order valence-corrected chi connectivity index (χ1v) is 13.1. The summed E-state index contributed by atoms with van der Waals surface area (Å²) in [5.74, 6) is 0.844. The van der Waals surface area contributed by atoms with E-state index in [1.165, 1.54) is 21.9 Å². The number of ether oxygens (including phenoxy) is 1. The SMILES string of the molecule is COc1cccc(N(C)c2ccc(N(c3cccc(-c4ccccc4)c3)c3ccc4ccccc4c3)cc2)c1. The van der Waals surface area contributed by atoms with Gasteiger partial charge in [0.2, 0.25) is 0 Å². The van der Waals surface area contributed by atoms with E-state index in [1.54, 1.807) is 7.11 Å². The van der Waals surface area contributed by atoms with E-state index in [0.717, 1.165) is 34.2 Å². The molecule has 0 bridgehead atoms. The lowest BCUT2D eigenvalue weighted by atomic mass is 10.0. The fourth-order valence-corrected chi connectivity index (χ4v) is 5.01. The van der Waals surface area contributed by atoms with E-state index in [4.69, 9.17) is 4.74 Å². The molecule has 6 rings (SSSR count). The van der Waals surface area contributed by atoms with Crippen LogP contribution in [0.2, 0.25) is 0 Å². The largest absolute Gasteiger partial charge is 0.497 e. The quantitative estimate of drug-likeness (QED) is 0.214. The van der Waals surface area contributed by atoms with E-state index in [2.05, 4.69) is 144 Å². The minimum absolute atomic E-state index is 0.844. The molecule has 0 heterocycles. The Labute approximate surface area is 230 Å². The van der Waals surface area contributed by atoms with Gasteiger partial charge in [-0.05, 0) is 82.6 Å². The van der Waals surface area contributed by atoms with Crippen molar-refractivity contribution in [2.45, 2.75) is 0 Å². The first-order chi connectivity index (χ1) is 19.2. The topological polar surface area (TPSA) is 15.7 Å².